The Bertz CT molecular complexity index is 443. The van der Waals surface area contributed by atoms with Crippen LogP contribution in [-0.4, -0.2) is 28.9 Å². The fourth-order valence-corrected chi connectivity index (χ4v) is 2.01. The van der Waals surface area contributed by atoms with E-state index in [1.165, 1.54) is 0 Å². The van der Waals surface area contributed by atoms with E-state index >= 15 is 0 Å². The molecule has 4 heteroatoms. The largest absolute Gasteiger partial charge is 0.384 e. The van der Waals surface area contributed by atoms with Crippen molar-refractivity contribution < 1.29 is 4.79 Å². The normalized spacial score (nSPS) is 12.5. The molecular weight excluding hydrogens is 238 g/mol. The first-order valence-corrected chi connectivity index (χ1v) is 6.91. The number of nitrogens with two attached hydrogens (primary N) is 1. The number of amides is 1. The molecule has 1 aromatic rings. The number of nitrogens with zero attached hydrogens (tertiary/aromatic N) is 2. The van der Waals surface area contributed by atoms with Crippen LogP contribution in [0.25, 0.3) is 0 Å². The van der Waals surface area contributed by atoms with Gasteiger partial charge in [0.05, 0.1) is 0 Å². The van der Waals surface area contributed by atoms with E-state index in [0.717, 1.165) is 18.5 Å². The van der Waals surface area contributed by atoms with Crippen molar-refractivity contribution in [2.45, 2.75) is 52.5 Å². The Kier molecular flexibility index (Phi) is 5.33. The lowest BCUT2D eigenvalue weighted by molar-refractivity contribution is 0.0736. The number of anilines is 1. The first kappa shape index (κ1) is 15.5. The summed E-state index contributed by atoms with van der Waals surface area (Å²) < 4.78 is 0. The van der Waals surface area contributed by atoms with E-state index in [0.29, 0.717) is 11.4 Å². The van der Waals surface area contributed by atoms with E-state index in [9.17, 15) is 4.79 Å². The topological polar surface area (TPSA) is 59.2 Å². The Morgan fingerprint density at radius 2 is 2.00 bits per heavy atom. The van der Waals surface area contributed by atoms with Gasteiger partial charge in [0, 0.05) is 24.3 Å². The first-order valence-electron chi connectivity index (χ1n) is 6.91. The molecule has 0 aliphatic heterocycles. The van der Waals surface area contributed by atoms with Crippen molar-refractivity contribution in [2.24, 2.45) is 0 Å². The molecule has 0 saturated heterocycles. The minimum absolute atomic E-state index is 0.0111. The van der Waals surface area contributed by atoms with Crippen LogP contribution in [0.4, 0.5) is 5.82 Å². The number of hydrogen-bond donors (Lipinski definition) is 1. The van der Waals surface area contributed by atoms with Crippen molar-refractivity contribution in [3.63, 3.8) is 0 Å². The van der Waals surface area contributed by atoms with Crippen LogP contribution in [0.5, 0.6) is 0 Å². The van der Waals surface area contributed by atoms with Gasteiger partial charge in [-0.25, -0.2) is 4.98 Å². The molecule has 106 valence electrons. The van der Waals surface area contributed by atoms with E-state index in [-0.39, 0.29) is 17.9 Å². The average molecular weight is 263 g/mol. The highest BCUT2D eigenvalue weighted by Gasteiger charge is 2.18. The summed E-state index contributed by atoms with van der Waals surface area (Å²) in [4.78, 5) is 18.5. The SMILES string of the molecule is CCCC(C)N(C)C(=O)c1cc(N)nc(C(C)C)c1. The molecule has 0 radical (unpaired) electrons. The maximum atomic E-state index is 12.4. The predicted molar refractivity (Wildman–Crippen MR) is 79.2 cm³/mol. The molecule has 0 spiro atoms. The zero-order valence-corrected chi connectivity index (χ0v) is 12.6. The molecule has 0 fully saturated rings. The number of hydrogen-bond acceptors (Lipinski definition) is 3. The molecule has 0 bridgehead atoms. The summed E-state index contributed by atoms with van der Waals surface area (Å²) in [5.74, 6) is 0.677. The van der Waals surface area contributed by atoms with Crippen LogP contribution in [0.2, 0.25) is 0 Å². The highest BCUT2D eigenvalue weighted by Crippen LogP contribution is 2.18. The van der Waals surface area contributed by atoms with Gasteiger partial charge in [0.25, 0.3) is 5.91 Å². The number of rotatable bonds is 5. The molecule has 2 N–H and O–H groups in total. The van der Waals surface area contributed by atoms with E-state index in [4.69, 9.17) is 5.73 Å². The third kappa shape index (κ3) is 3.94. The first-order chi connectivity index (χ1) is 8.86. The summed E-state index contributed by atoms with van der Waals surface area (Å²) >= 11 is 0. The quantitative estimate of drug-likeness (QED) is 0.888. The molecule has 1 heterocycles. The Hall–Kier alpha value is -1.58. The molecule has 19 heavy (non-hydrogen) atoms. The van der Waals surface area contributed by atoms with Crippen LogP contribution in [0, 0.1) is 0 Å². The Balaban J connectivity index is 2.99. The molecule has 0 aliphatic rings. The molecule has 1 atom stereocenters. The van der Waals surface area contributed by atoms with Gasteiger partial charge in [0.1, 0.15) is 5.82 Å². The smallest absolute Gasteiger partial charge is 0.254 e. The summed E-state index contributed by atoms with van der Waals surface area (Å²) in [6, 6.07) is 3.73. The maximum Gasteiger partial charge on any atom is 0.254 e. The second-order valence-electron chi connectivity index (χ2n) is 5.41. The van der Waals surface area contributed by atoms with Gasteiger partial charge in [-0.05, 0) is 31.4 Å². The summed E-state index contributed by atoms with van der Waals surface area (Å²) in [5, 5.41) is 0. The van der Waals surface area contributed by atoms with Crippen LogP contribution in [-0.2, 0) is 0 Å². The van der Waals surface area contributed by atoms with Crippen LogP contribution in [0.15, 0.2) is 12.1 Å². The van der Waals surface area contributed by atoms with Crippen molar-refractivity contribution in [3.8, 4) is 0 Å². The van der Waals surface area contributed by atoms with E-state index in [2.05, 4.69) is 18.8 Å². The Morgan fingerprint density at radius 1 is 1.37 bits per heavy atom. The monoisotopic (exact) mass is 263 g/mol. The fraction of sp³-hybridized carbons (Fsp3) is 0.600. The average Bonchev–Trinajstić information content (AvgIpc) is 2.36. The fourth-order valence-electron chi connectivity index (χ4n) is 2.01. The van der Waals surface area contributed by atoms with Crippen LogP contribution in [0.1, 0.15) is 62.5 Å². The summed E-state index contributed by atoms with van der Waals surface area (Å²) in [7, 11) is 1.84. The molecular formula is C15H25N3O. The lowest BCUT2D eigenvalue weighted by Crippen LogP contribution is -2.35. The zero-order valence-electron chi connectivity index (χ0n) is 12.6. The van der Waals surface area contributed by atoms with E-state index in [1.807, 2.05) is 27.0 Å². The van der Waals surface area contributed by atoms with Crippen molar-refractivity contribution in [3.05, 3.63) is 23.4 Å². The van der Waals surface area contributed by atoms with Crippen LogP contribution >= 0.6 is 0 Å². The number of pyridine rings is 1. The second-order valence-corrected chi connectivity index (χ2v) is 5.41. The van der Waals surface area contributed by atoms with E-state index < -0.39 is 0 Å². The Labute approximate surface area is 116 Å². The minimum atomic E-state index is 0.0111. The summed E-state index contributed by atoms with van der Waals surface area (Å²) in [6.07, 6.45) is 2.06. The van der Waals surface area contributed by atoms with Crippen LogP contribution < -0.4 is 5.73 Å². The summed E-state index contributed by atoms with van der Waals surface area (Å²) in [5.41, 5.74) is 7.28. The van der Waals surface area contributed by atoms with Gasteiger partial charge in [0.15, 0.2) is 0 Å². The molecule has 0 aliphatic carbocycles. The molecule has 4 nitrogen and oxygen atoms in total. The van der Waals surface area contributed by atoms with Gasteiger partial charge in [0.2, 0.25) is 0 Å². The standard InChI is InChI=1S/C15H25N3O/c1-6-7-11(4)18(5)15(19)12-8-13(10(2)3)17-14(16)9-12/h8-11H,6-7H2,1-5H3,(H2,16,17). The van der Waals surface area contributed by atoms with Gasteiger partial charge >= 0.3 is 0 Å². The molecule has 1 unspecified atom stereocenters. The van der Waals surface area contributed by atoms with Gasteiger partial charge in [-0.1, -0.05) is 27.2 Å². The number of carbonyl (C=O) groups is 1. The van der Waals surface area contributed by atoms with Crippen molar-refractivity contribution in [1.82, 2.24) is 9.88 Å². The summed E-state index contributed by atoms with van der Waals surface area (Å²) in [6.45, 7) is 8.27. The highest BCUT2D eigenvalue weighted by atomic mass is 16.2. The zero-order chi connectivity index (χ0) is 14.6. The van der Waals surface area contributed by atoms with Gasteiger partial charge in [-0.3, -0.25) is 4.79 Å². The third-order valence-corrected chi connectivity index (χ3v) is 3.39. The highest BCUT2D eigenvalue weighted by molar-refractivity contribution is 5.95. The molecule has 0 saturated carbocycles. The van der Waals surface area contributed by atoms with E-state index in [1.54, 1.807) is 11.0 Å². The van der Waals surface area contributed by atoms with Crippen molar-refractivity contribution >= 4 is 11.7 Å². The van der Waals surface area contributed by atoms with Crippen LogP contribution in [0.3, 0.4) is 0 Å². The molecule has 0 aromatic carbocycles. The lowest BCUT2D eigenvalue weighted by Gasteiger charge is -2.25. The molecule has 1 aromatic heterocycles. The number of nitrogen functional groups attached to an aromatic ring is 1. The van der Waals surface area contributed by atoms with Crippen molar-refractivity contribution in [1.29, 1.82) is 0 Å². The van der Waals surface area contributed by atoms with Gasteiger partial charge < -0.3 is 10.6 Å². The lowest BCUT2D eigenvalue weighted by atomic mass is 10.1. The second kappa shape index (κ2) is 6.55. The maximum absolute atomic E-state index is 12.4. The van der Waals surface area contributed by atoms with Crippen molar-refractivity contribution in [2.75, 3.05) is 12.8 Å². The minimum Gasteiger partial charge on any atom is -0.384 e. The van der Waals surface area contributed by atoms with Gasteiger partial charge in [-0.15, -0.1) is 0 Å². The number of aromatic nitrogens is 1. The Morgan fingerprint density at radius 3 is 2.53 bits per heavy atom. The molecule has 1 rings (SSSR count). The number of carbonyl (C=O) groups excluding carboxylic acids is 1. The predicted octanol–water partition coefficient (Wildman–Crippen LogP) is 3.05. The van der Waals surface area contributed by atoms with Gasteiger partial charge in [-0.2, -0.15) is 0 Å². The molecule has 1 amide bonds. The third-order valence-electron chi connectivity index (χ3n) is 3.39.